The van der Waals surface area contributed by atoms with Gasteiger partial charge in [0.05, 0.1) is 6.04 Å². The Balaban J connectivity index is 2.00. The molecule has 1 amide bonds. The number of hydrogen-bond donors (Lipinski definition) is 2. The van der Waals surface area contributed by atoms with Crippen molar-refractivity contribution in [1.82, 2.24) is 5.32 Å². The summed E-state index contributed by atoms with van der Waals surface area (Å²) in [5.74, 6) is -0.0390. The Kier molecular flexibility index (Phi) is 4.93. The smallest absolute Gasteiger partial charge is 0.251 e. The molecule has 0 saturated carbocycles. The molecule has 1 atom stereocenters. The summed E-state index contributed by atoms with van der Waals surface area (Å²) in [5, 5.41) is 3.02. The fraction of sp³-hybridized carbons (Fsp3) is 0.312. The van der Waals surface area contributed by atoms with Gasteiger partial charge in [0.15, 0.2) is 0 Å². The zero-order valence-corrected chi connectivity index (χ0v) is 12.7. The molecular formula is C16H20N2OS. The number of rotatable bonds is 5. The van der Waals surface area contributed by atoms with Gasteiger partial charge in [-0.15, -0.1) is 11.3 Å². The normalized spacial score (nSPS) is 12.2. The van der Waals surface area contributed by atoms with Gasteiger partial charge in [0.2, 0.25) is 0 Å². The van der Waals surface area contributed by atoms with E-state index >= 15 is 0 Å². The van der Waals surface area contributed by atoms with Crippen LogP contribution >= 0.6 is 11.3 Å². The number of aryl methyl sites for hydroxylation is 1. The molecule has 1 aromatic heterocycles. The first-order valence-corrected chi connectivity index (χ1v) is 7.58. The van der Waals surface area contributed by atoms with Gasteiger partial charge in [-0.1, -0.05) is 12.1 Å². The molecule has 0 bridgehead atoms. The molecule has 0 fully saturated rings. The lowest BCUT2D eigenvalue weighted by Crippen LogP contribution is -2.26. The predicted molar refractivity (Wildman–Crippen MR) is 84.1 cm³/mol. The van der Waals surface area contributed by atoms with E-state index in [0.29, 0.717) is 12.1 Å². The predicted octanol–water partition coefficient (Wildman–Crippen LogP) is 3.05. The van der Waals surface area contributed by atoms with E-state index in [1.807, 2.05) is 31.2 Å². The molecular weight excluding hydrogens is 268 g/mol. The summed E-state index contributed by atoms with van der Waals surface area (Å²) in [4.78, 5) is 14.6. The highest BCUT2D eigenvalue weighted by molar-refractivity contribution is 7.12. The van der Waals surface area contributed by atoms with Crippen molar-refractivity contribution < 1.29 is 4.79 Å². The Morgan fingerprint density at radius 1 is 1.25 bits per heavy atom. The van der Waals surface area contributed by atoms with Crippen LogP contribution in [0.15, 0.2) is 36.4 Å². The van der Waals surface area contributed by atoms with Gasteiger partial charge in [-0.25, -0.2) is 0 Å². The number of nitrogens with one attached hydrogen (secondary N) is 1. The average Bonchev–Trinajstić information content (AvgIpc) is 2.86. The largest absolute Gasteiger partial charge is 0.345 e. The fourth-order valence-electron chi connectivity index (χ4n) is 2.03. The minimum atomic E-state index is -0.0390. The first kappa shape index (κ1) is 14.8. The maximum Gasteiger partial charge on any atom is 0.251 e. The molecule has 20 heavy (non-hydrogen) atoms. The Morgan fingerprint density at radius 2 is 1.95 bits per heavy atom. The number of nitrogens with two attached hydrogens (primary N) is 1. The van der Waals surface area contributed by atoms with Crippen molar-refractivity contribution >= 4 is 17.2 Å². The summed E-state index contributed by atoms with van der Waals surface area (Å²) in [6, 6.07) is 11.8. The highest BCUT2D eigenvalue weighted by atomic mass is 32.1. The van der Waals surface area contributed by atoms with Crippen molar-refractivity contribution in [3.05, 3.63) is 57.3 Å². The minimum absolute atomic E-state index is 0.0323. The van der Waals surface area contributed by atoms with E-state index in [-0.39, 0.29) is 11.9 Å². The molecule has 1 heterocycles. The molecule has 0 saturated heterocycles. The van der Waals surface area contributed by atoms with Crippen molar-refractivity contribution in [2.45, 2.75) is 26.3 Å². The number of amides is 1. The fourth-order valence-corrected chi connectivity index (χ4v) is 2.91. The van der Waals surface area contributed by atoms with Crippen molar-refractivity contribution in [3.8, 4) is 0 Å². The number of hydrogen-bond acceptors (Lipinski definition) is 3. The van der Waals surface area contributed by atoms with Crippen LogP contribution in [0.2, 0.25) is 0 Å². The molecule has 0 aliphatic carbocycles. The van der Waals surface area contributed by atoms with Crippen molar-refractivity contribution in [2.75, 3.05) is 6.54 Å². The third-order valence-corrected chi connectivity index (χ3v) is 4.37. The van der Waals surface area contributed by atoms with E-state index in [1.54, 1.807) is 11.3 Å². The van der Waals surface area contributed by atoms with Crippen LogP contribution in [-0.4, -0.2) is 12.5 Å². The first-order chi connectivity index (χ1) is 9.60. The molecule has 1 aromatic carbocycles. The maximum absolute atomic E-state index is 12.2. The Morgan fingerprint density at radius 3 is 2.50 bits per heavy atom. The maximum atomic E-state index is 12.2. The summed E-state index contributed by atoms with van der Waals surface area (Å²) >= 11 is 1.71. The summed E-state index contributed by atoms with van der Waals surface area (Å²) in [5.41, 5.74) is 7.36. The van der Waals surface area contributed by atoms with Gasteiger partial charge in [0.1, 0.15) is 0 Å². The van der Waals surface area contributed by atoms with Gasteiger partial charge >= 0.3 is 0 Å². The monoisotopic (exact) mass is 288 g/mol. The summed E-state index contributed by atoms with van der Waals surface area (Å²) in [6.45, 7) is 4.70. The molecule has 3 nitrogen and oxygen atoms in total. The lowest BCUT2D eigenvalue weighted by Gasteiger charge is -2.12. The molecule has 1 unspecified atom stereocenters. The van der Waals surface area contributed by atoms with E-state index in [2.05, 4.69) is 24.4 Å². The van der Waals surface area contributed by atoms with Gasteiger partial charge in [0.25, 0.3) is 5.91 Å². The number of thiophene rings is 1. The molecule has 0 spiro atoms. The standard InChI is InChI=1S/C16H20N2OS/c1-11-3-8-15(20-11)12(2)18-16(19)14-6-4-13(5-7-14)9-10-17/h3-8,12H,9-10,17H2,1-2H3,(H,18,19). The third-order valence-electron chi connectivity index (χ3n) is 3.18. The Hall–Kier alpha value is -1.65. The van der Waals surface area contributed by atoms with Gasteiger partial charge in [-0.3, -0.25) is 4.79 Å². The lowest BCUT2D eigenvalue weighted by molar-refractivity contribution is 0.0940. The van der Waals surface area contributed by atoms with E-state index in [0.717, 1.165) is 12.0 Å². The second kappa shape index (κ2) is 6.68. The number of carbonyl (C=O) groups is 1. The van der Waals surface area contributed by atoms with Crippen LogP contribution in [0.3, 0.4) is 0 Å². The second-order valence-electron chi connectivity index (χ2n) is 4.88. The topological polar surface area (TPSA) is 55.1 Å². The van der Waals surface area contributed by atoms with E-state index in [1.165, 1.54) is 9.75 Å². The highest BCUT2D eigenvalue weighted by Gasteiger charge is 2.12. The second-order valence-corrected chi connectivity index (χ2v) is 6.20. The number of carbonyl (C=O) groups excluding carboxylic acids is 1. The van der Waals surface area contributed by atoms with Crippen molar-refractivity contribution in [2.24, 2.45) is 5.73 Å². The van der Waals surface area contributed by atoms with E-state index in [4.69, 9.17) is 5.73 Å². The van der Waals surface area contributed by atoms with Crippen LogP contribution in [0.4, 0.5) is 0 Å². The molecule has 4 heteroatoms. The van der Waals surface area contributed by atoms with Gasteiger partial charge < -0.3 is 11.1 Å². The molecule has 2 aromatic rings. The van der Waals surface area contributed by atoms with Crippen LogP contribution in [0, 0.1) is 6.92 Å². The van der Waals surface area contributed by atoms with Gasteiger partial charge in [-0.2, -0.15) is 0 Å². The van der Waals surface area contributed by atoms with Gasteiger partial charge in [0, 0.05) is 15.3 Å². The van der Waals surface area contributed by atoms with E-state index in [9.17, 15) is 4.79 Å². The van der Waals surface area contributed by atoms with Crippen LogP contribution < -0.4 is 11.1 Å². The van der Waals surface area contributed by atoms with Crippen LogP contribution in [-0.2, 0) is 6.42 Å². The molecule has 2 rings (SSSR count). The average molecular weight is 288 g/mol. The van der Waals surface area contributed by atoms with Gasteiger partial charge in [-0.05, 0) is 56.6 Å². The van der Waals surface area contributed by atoms with Crippen molar-refractivity contribution in [3.63, 3.8) is 0 Å². The Labute approximate surface area is 123 Å². The Bertz CT molecular complexity index is 574. The SMILES string of the molecule is Cc1ccc(C(C)NC(=O)c2ccc(CCN)cc2)s1. The molecule has 0 radical (unpaired) electrons. The molecule has 106 valence electrons. The van der Waals surface area contributed by atoms with Crippen LogP contribution in [0.1, 0.15) is 38.6 Å². The van der Waals surface area contributed by atoms with E-state index < -0.39 is 0 Å². The summed E-state index contributed by atoms with van der Waals surface area (Å²) in [6.07, 6.45) is 0.840. The zero-order valence-electron chi connectivity index (χ0n) is 11.8. The summed E-state index contributed by atoms with van der Waals surface area (Å²) < 4.78 is 0. The van der Waals surface area contributed by atoms with Crippen molar-refractivity contribution in [1.29, 1.82) is 0 Å². The minimum Gasteiger partial charge on any atom is -0.345 e. The molecule has 3 N–H and O–H groups in total. The molecule has 0 aliphatic rings. The summed E-state index contributed by atoms with van der Waals surface area (Å²) in [7, 11) is 0. The van der Waals surface area contributed by atoms with Crippen LogP contribution in [0.5, 0.6) is 0 Å². The quantitative estimate of drug-likeness (QED) is 0.888. The lowest BCUT2D eigenvalue weighted by atomic mass is 10.1. The zero-order chi connectivity index (χ0) is 14.5. The molecule has 0 aliphatic heterocycles. The third kappa shape index (κ3) is 3.68. The number of benzene rings is 1. The first-order valence-electron chi connectivity index (χ1n) is 6.76. The highest BCUT2D eigenvalue weighted by Crippen LogP contribution is 2.22. The van der Waals surface area contributed by atoms with Crippen LogP contribution in [0.25, 0.3) is 0 Å².